The molecule has 0 aliphatic rings. The van der Waals surface area contributed by atoms with Gasteiger partial charge in [-0.25, -0.2) is 8.42 Å². The predicted octanol–water partition coefficient (Wildman–Crippen LogP) is 4.96. The van der Waals surface area contributed by atoms with Crippen molar-refractivity contribution in [3.05, 3.63) is 63.1 Å². The number of carbonyl (C=O) groups excluding carboxylic acids is 2. The van der Waals surface area contributed by atoms with Crippen LogP contribution >= 0.6 is 23.2 Å². The van der Waals surface area contributed by atoms with Gasteiger partial charge in [0.25, 0.3) is 0 Å². The normalized spacial score (nSPS) is 12.4. The van der Waals surface area contributed by atoms with Gasteiger partial charge in [-0.1, -0.05) is 56.1 Å². The van der Waals surface area contributed by atoms with E-state index in [0.717, 1.165) is 21.7 Å². The molecule has 0 saturated heterocycles. The van der Waals surface area contributed by atoms with Crippen molar-refractivity contribution in [2.45, 2.75) is 53.6 Å². The summed E-state index contributed by atoms with van der Waals surface area (Å²) in [5.41, 5.74) is 2.73. The maximum absolute atomic E-state index is 13.7. The van der Waals surface area contributed by atoms with Crippen LogP contribution in [0.5, 0.6) is 0 Å². The van der Waals surface area contributed by atoms with E-state index in [4.69, 9.17) is 23.2 Å². The molecular formula is C26H35Cl2N3O4S. The van der Waals surface area contributed by atoms with E-state index in [2.05, 4.69) is 5.32 Å². The number of amides is 2. The summed E-state index contributed by atoms with van der Waals surface area (Å²) in [4.78, 5) is 28.2. The number of rotatable bonds is 11. The van der Waals surface area contributed by atoms with Crippen LogP contribution in [-0.2, 0) is 26.2 Å². The van der Waals surface area contributed by atoms with E-state index in [1.165, 1.54) is 4.90 Å². The molecule has 2 amide bonds. The maximum atomic E-state index is 13.7. The average molecular weight is 557 g/mol. The molecule has 1 N–H and O–H groups in total. The average Bonchev–Trinajstić information content (AvgIpc) is 2.75. The van der Waals surface area contributed by atoms with Gasteiger partial charge in [-0.05, 0) is 67.1 Å². The minimum Gasteiger partial charge on any atom is -0.354 e. The fraction of sp³-hybridized carbons (Fsp3) is 0.462. The van der Waals surface area contributed by atoms with Gasteiger partial charge in [0.15, 0.2) is 0 Å². The molecule has 0 aliphatic heterocycles. The first kappa shape index (κ1) is 29.9. The van der Waals surface area contributed by atoms with Gasteiger partial charge in [0.2, 0.25) is 21.8 Å². The van der Waals surface area contributed by atoms with Crippen LogP contribution in [-0.4, -0.2) is 50.5 Å². The van der Waals surface area contributed by atoms with Gasteiger partial charge in [-0.15, -0.1) is 0 Å². The predicted molar refractivity (Wildman–Crippen MR) is 147 cm³/mol. The third-order valence-electron chi connectivity index (χ3n) is 5.60. The van der Waals surface area contributed by atoms with Gasteiger partial charge in [0.1, 0.15) is 12.6 Å². The number of anilines is 1. The molecule has 0 spiro atoms. The smallest absolute Gasteiger partial charge is 0.244 e. The fourth-order valence-corrected chi connectivity index (χ4v) is 5.19. The maximum Gasteiger partial charge on any atom is 0.244 e. The number of benzene rings is 2. The van der Waals surface area contributed by atoms with Crippen LogP contribution in [0.4, 0.5) is 5.69 Å². The van der Waals surface area contributed by atoms with Crippen LogP contribution in [0.3, 0.4) is 0 Å². The SMILES string of the molecule is CCC(C(=O)NCC(C)C)N(Cc1ccc(Cl)cc1Cl)C(=O)CN(c1cc(C)cc(C)c1)S(C)(=O)=O. The van der Waals surface area contributed by atoms with E-state index in [0.29, 0.717) is 34.3 Å². The van der Waals surface area contributed by atoms with E-state index in [1.807, 2.05) is 40.7 Å². The van der Waals surface area contributed by atoms with Crippen molar-refractivity contribution in [3.8, 4) is 0 Å². The minimum absolute atomic E-state index is 0.0207. The molecule has 0 aromatic heterocycles. The van der Waals surface area contributed by atoms with Gasteiger partial charge in [-0.2, -0.15) is 0 Å². The quantitative estimate of drug-likeness (QED) is 0.424. The molecule has 2 rings (SSSR count). The summed E-state index contributed by atoms with van der Waals surface area (Å²) in [6, 6.07) is 9.46. The first-order valence-electron chi connectivity index (χ1n) is 11.8. The molecule has 36 heavy (non-hydrogen) atoms. The second-order valence-corrected chi connectivity index (χ2v) is 12.2. The van der Waals surface area contributed by atoms with Crippen molar-refractivity contribution in [1.82, 2.24) is 10.2 Å². The van der Waals surface area contributed by atoms with Crippen LogP contribution < -0.4 is 9.62 Å². The van der Waals surface area contributed by atoms with Crippen molar-refractivity contribution in [1.29, 1.82) is 0 Å². The highest BCUT2D eigenvalue weighted by atomic mass is 35.5. The lowest BCUT2D eigenvalue weighted by Gasteiger charge is -2.33. The molecule has 0 heterocycles. The van der Waals surface area contributed by atoms with Crippen molar-refractivity contribution in [2.24, 2.45) is 5.92 Å². The first-order valence-corrected chi connectivity index (χ1v) is 14.4. The number of hydrogen-bond donors (Lipinski definition) is 1. The Labute approximate surface area is 224 Å². The zero-order valence-electron chi connectivity index (χ0n) is 21.6. The lowest BCUT2D eigenvalue weighted by molar-refractivity contribution is -0.140. The lowest BCUT2D eigenvalue weighted by Crippen LogP contribution is -2.52. The molecule has 7 nitrogen and oxygen atoms in total. The molecule has 198 valence electrons. The second-order valence-electron chi connectivity index (χ2n) is 9.44. The van der Waals surface area contributed by atoms with Crippen molar-refractivity contribution >= 4 is 50.7 Å². The second kappa shape index (κ2) is 12.8. The van der Waals surface area contributed by atoms with Gasteiger partial charge in [0.05, 0.1) is 11.9 Å². The Hall–Kier alpha value is -2.29. The largest absolute Gasteiger partial charge is 0.354 e. The Morgan fingerprint density at radius 2 is 1.64 bits per heavy atom. The van der Waals surface area contributed by atoms with Crippen molar-refractivity contribution < 1.29 is 18.0 Å². The Morgan fingerprint density at radius 3 is 2.14 bits per heavy atom. The highest BCUT2D eigenvalue weighted by Gasteiger charge is 2.32. The van der Waals surface area contributed by atoms with E-state index < -0.39 is 28.5 Å². The summed E-state index contributed by atoms with van der Waals surface area (Å²) in [7, 11) is -3.80. The summed E-state index contributed by atoms with van der Waals surface area (Å²) < 4.78 is 26.6. The van der Waals surface area contributed by atoms with Gasteiger partial charge >= 0.3 is 0 Å². The molecule has 0 saturated carbocycles. The Bertz CT molecular complexity index is 1180. The molecule has 2 aromatic rings. The van der Waals surface area contributed by atoms with Crippen LogP contribution in [0.2, 0.25) is 10.0 Å². The molecule has 2 aromatic carbocycles. The van der Waals surface area contributed by atoms with E-state index in [-0.39, 0.29) is 18.4 Å². The number of nitrogens with one attached hydrogen (secondary N) is 1. The van der Waals surface area contributed by atoms with Crippen LogP contribution in [0, 0.1) is 19.8 Å². The number of halogens is 2. The molecule has 1 unspecified atom stereocenters. The first-order chi connectivity index (χ1) is 16.7. The topological polar surface area (TPSA) is 86.8 Å². The third kappa shape index (κ3) is 8.39. The summed E-state index contributed by atoms with van der Waals surface area (Å²) in [6.45, 7) is 9.50. The van der Waals surface area contributed by atoms with Crippen molar-refractivity contribution in [2.75, 3.05) is 23.7 Å². The highest BCUT2D eigenvalue weighted by molar-refractivity contribution is 7.92. The molecule has 0 bridgehead atoms. The highest BCUT2D eigenvalue weighted by Crippen LogP contribution is 2.25. The van der Waals surface area contributed by atoms with E-state index >= 15 is 0 Å². The summed E-state index contributed by atoms with van der Waals surface area (Å²) in [5, 5.41) is 3.69. The molecule has 1 atom stereocenters. The Kier molecular flexibility index (Phi) is 10.6. The zero-order chi connectivity index (χ0) is 27.2. The fourth-order valence-electron chi connectivity index (χ4n) is 3.88. The molecular weight excluding hydrogens is 521 g/mol. The Balaban J connectivity index is 2.49. The monoisotopic (exact) mass is 555 g/mol. The van der Waals surface area contributed by atoms with Crippen molar-refractivity contribution in [3.63, 3.8) is 0 Å². The van der Waals surface area contributed by atoms with Crippen LogP contribution in [0.1, 0.15) is 43.9 Å². The number of hydrogen-bond acceptors (Lipinski definition) is 4. The molecule has 10 heteroatoms. The number of sulfonamides is 1. The number of aryl methyl sites for hydroxylation is 2. The summed E-state index contributed by atoms with van der Waals surface area (Å²) in [6.07, 6.45) is 1.40. The van der Waals surface area contributed by atoms with Gasteiger partial charge < -0.3 is 10.2 Å². The molecule has 0 fully saturated rings. The van der Waals surface area contributed by atoms with Gasteiger partial charge in [0, 0.05) is 23.1 Å². The van der Waals surface area contributed by atoms with E-state index in [9.17, 15) is 18.0 Å². The summed E-state index contributed by atoms with van der Waals surface area (Å²) >= 11 is 12.4. The number of nitrogens with zero attached hydrogens (tertiary/aromatic N) is 2. The van der Waals surface area contributed by atoms with Gasteiger partial charge in [-0.3, -0.25) is 13.9 Å². The third-order valence-corrected chi connectivity index (χ3v) is 7.33. The number of carbonyl (C=O) groups is 2. The van der Waals surface area contributed by atoms with Crippen LogP contribution in [0.15, 0.2) is 36.4 Å². The Morgan fingerprint density at radius 1 is 1.03 bits per heavy atom. The molecule has 0 aliphatic carbocycles. The van der Waals surface area contributed by atoms with Crippen LogP contribution in [0.25, 0.3) is 0 Å². The summed E-state index contributed by atoms with van der Waals surface area (Å²) in [5.74, 6) is -0.592. The van der Waals surface area contributed by atoms with E-state index in [1.54, 1.807) is 30.3 Å². The standard InChI is InChI=1S/C26H35Cl2N3O4S/c1-7-24(26(33)29-14-17(2)3)30(15-20-8-9-21(27)13-23(20)28)25(32)16-31(36(6,34)35)22-11-18(4)10-19(5)12-22/h8-13,17,24H,7,14-16H2,1-6H3,(H,29,33). The zero-order valence-corrected chi connectivity index (χ0v) is 24.0. The molecule has 0 radical (unpaired) electrons. The lowest BCUT2D eigenvalue weighted by atomic mass is 10.1. The minimum atomic E-state index is -3.80.